The van der Waals surface area contributed by atoms with Gasteiger partial charge in [-0.2, -0.15) is 0 Å². The third kappa shape index (κ3) is 0.658. The minimum Gasteiger partial charge on any atom is -0.0841 e. The Bertz CT molecular complexity index is 184. The molecule has 1 saturated carbocycles. The molecule has 2 aliphatic rings. The SMILES string of the molecule is C/C=C1\C=C2CCC1C2. The van der Waals surface area contributed by atoms with Crippen LogP contribution in [0.1, 0.15) is 26.2 Å². The van der Waals surface area contributed by atoms with Crippen LogP contribution in [0.2, 0.25) is 0 Å². The highest BCUT2D eigenvalue weighted by Crippen LogP contribution is 2.42. The van der Waals surface area contributed by atoms with Crippen LogP contribution in [-0.4, -0.2) is 0 Å². The summed E-state index contributed by atoms with van der Waals surface area (Å²) in [6, 6.07) is 0. The average Bonchev–Trinajstić information content (AvgIpc) is 2.45. The van der Waals surface area contributed by atoms with E-state index >= 15 is 0 Å². The number of hydrogen-bond donors (Lipinski definition) is 0. The van der Waals surface area contributed by atoms with Crippen LogP contribution in [0.15, 0.2) is 23.3 Å². The minimum atomic E-state index is 0.921. The maximum atomic E-state index is 2.38. The van der Waals surface area contributed by atoms with Gasteiger partial charge in [-0.1, -0.05) is 17.7 Å². The molecular formula is C9H12. The first kappa shape index (κ1) is 5.28. The standard InChI is InChI=1S/C9H12/c1-2-8-5-7-3-4-9(8)6-7/h2,5,9H,3-4,6H2,1H3/b8-2+. The topological polar surface area (TPSA) is 0 Å². The minimum absolute atomic E-state index is 0.921. The van der Waals surface area contributed by atoms with E-state index in [0.29, 0.717) is 0 Å². The van der Waals surface area contributed by atoms with Gasteiger partial charge in [0.05, 0.1) is 0 Å². The zero-order valence-electron chi connectivity index (χ0n) is 5.85. The number of fused-ring (bicyclic) bond motifs is 2. The Labute approximate surface area is 56.3 Å². The highest BCUT2D eigenvalue weighted by Gasteiger charge is 2.27. The lowest BCUT2D eigenvalue weighted by atomic mass is 9.99. The Morgan fingerprint density at radius 2 is 2.56 bits per heavy atom. The lowest BCUT2D eigenvalue weighted by molar-refractivity contribution is 0.671. The van der Waals surface area contributed by atoms with Gasteiger partial charge in [0.2, 0.25) is 0 Å². The molecule has 0 saturated heterocycles. The van der Waals surface area contributed by atoms with Crippen LogP contribution in [-0.2, 0) is 0 Å². The lowest BCUT2D eigenvalue weighted by Gasteiger charge is -2.06. The summed E-state index contributed by atoms with van der Waals surface area (Å²) in [5, 5.41) is 0. The molecule has 0 aromatic rings. The monoisotopic (exact) mass is 120 g/mol. The number of allylic oxidation sites excluding steroid dienone is 4. The fourth-order valence-corrected chi connectivity index (χ4v) is 1.97. The molecule has 0 aromatic carbocycles. The first-order chi connectivity index (χ1) is 4.40. The first-order valence-electron chi connectivity index (χ1n) is 3.76. The van der Waals surface area contributed by atoms with E-state index in [4.69, 9.17) is 0 Å². The fraction of sp³-hybridized carbons (Fsp3) is 0.556. The Morgan fingerprint density at radius 3 is 2.89 bits per heavy atom. The van der Waals surface area contributed by atoms with Crippen molar-refractivity contribution in [2.24, 2.45) is 5.92 Å². The largest absolute Gasteiger partial charge is 0.0841 e. The predicted molar refractivity (Wildman–Crippen MR) is 39.2 cm³/mol. The Morgan fingerprint density at radius 1 is 1.67 bits per heavy atom. The van der Waals surface area contributed by atoms with Crippen LogP contribution >= 0.6 is 0 Å². The maximum Gasteiger partial charge on any atom is -0.0125 e. The van der Waals surface area contributed by atoms with Crippen molar-refractivity contribution in [2.75, 3.05) is 0 Å². The summed E-state index contributed by atoms with van der Waals surface area (Å²) in [7, 11) is 0. The van der Waals surface area contributed by atoms with Crippen LogP contribution in [0, 0.1) is 5.92 Å². The molecule has 0 spiro atoms. The molecule has 0 nitrogen and oxygen atoms in total. The number of rotatable bonds is 0. The summed E-state index contributed by atoms with van der Waals surface area (Å²) >= 11 is 0. The zero-order valence-corrected chi connectivity index (χ0v) is 5.85. The molecule has 1 atom stereocenters. The maximum absolute atomic E-state index is 2.38. The molecule has 0 aromatic heterocycles. The Kier molecular flexibility index (Phi) is 1.01. The molecule has 0 heterocycles. The second-order valence-corrected chi connectivity index (χ2v) is 3.03. The molecule has 1 unspecified atom stereocenters. The van der Waals surface area contributed by atoms with Crippen molar-refractivity contribution >= 4 is 0 Å². The van der Waals surface area contributed by atoms with E-state index in [2.05, 4.69) is 19.1 Å². The first-order valence-corrected chi connectivity index (χ1v) is 3.76. The van der Waals surface area contributed by atoms with E-state index in [1.807, 2.05) is 0 Å². The molecule has 0 radical (unpaired) electrons. The van der Waals surface area contributed by atoms with Gasteiger partial charge in [0.25, 0.3) is 0 Å². The molecule has 2 aliphatic carbocycles. The van der Waals surface area contributed by atoms with E-state index in [1.165, 1.54) is 19.3 Å². The molecule has 48 valence electrons. The van der Waals surface area contributed by atoms with Crippen molar-refractivity contribution in [1.29, 1.82) is 0 Å². The Hall–Kier alpha value is -0.520. The van der Waals surface area contributed by atoms with Gasteiger partial charge in [-0.05, 0) is 37.7 Å². The molecular weight excluding hydrogens is 108 g/mol. The van der Waals surface area contributed by atoms with Crippen molar-refractivity contribution in [3.63, 3.8) is 0 Å². The van der Waals surface area contributed by atoms with Crippen molar-refractivity contribution in [2.45, 2.75) is 26.2 Å². The van der Waals surface area contributed by atoms with E-state index in [-0.39, 0.29) is 0 Å². The van der Waals surface area contributed by atoms with Crippen molar-refractivity contribution in [3.8, 4) is 0 Å². The zero-order chi connectivity index (χ0) is 6.27. The van der Waals surface area contributed by atoms with Gasteiger partial charge in [-0.3, -0.25) is 0 Å². The normalized spacial score (nSPS) is 35.9. The molecule has 2 bridgehead atoms. The molecule has 0 heteroatoms. The summed E-state index contributed by atoms with van der Waals surface area (Å²) in [5.74, 6) is 0.921. The van der Waals surface area contributed by atoms with E-state index in [1.54, 1.807) is 11.1 Å². The van der Waals surface area contributed by atoms with Gasteiger partial charge in [0, 0.05) is 0 Å². The molecule has 0 N–H and O–H groups in total. The van der Waals surface area contributed by atoms with Crippen molar-refractivity contribution < 1.29 is 0 Å². The highest BCUT2D eigenvalue weighted by molar-refractivity contribution is 5.36. The van der Waals surface area contributed by atoms with E-state index in [9.17, 15) is 0 Å². The van der Waals surface area contributed by atoms with Crippen LogP contribution < -0.4 is 0 Å². The van der Waals surface area contributed by atoms with Gasteiger partial charge in [0.1, 0.15) is 0 Å². The van der Waals surface area contributed by atoms with Crippen molar-refractivity contribution in [3.05, 3.63) is 23.3 Å². The second-order valence-electron chi connectivity index (χ2n) is 3.03. The summed E-state index contributed by atoms with van der Waals surface area (Å²) in [5.41, 5.74) is 3.28. The Balaban J connectivity index is 2.35. The summed E-state index contributed by atoms with van der Waals surface area (Å²) < 4.78 is 0. The molecule has 0 aliphatic heterocycles. The predicted octanol–water partition coefficient (Wildman–Crippen LogP) is 2.67. The third-order valence-electron chi connectivity index (χ3n) is 2.50. The van der Waals surface area contributed by atoms with Crippen LogP contribution in [0.3, 0.4) is 0 Å². The smallest absolute Gasteiger partial charge is 0.0125 e. The van der Waals surface area contributed by atoms with E-state index < -0.39 is 0 Å². The second kappa shape index (κ2) is 1.73. The molecule has 1 fully saturated rings. The molecule has 0 amide bonds. The summed E-state index contributed by atoms with van der Waals surface area (Å²) in [6.45, 7) is 2.15. The number of hydrogen-bond acceptors (Lipinski definition) is 0. The van der Waals surface area contributed by atoms with E-state index in [0.717, 1.165) is 5.92 Å². The third-order valence-corrected chi connectivity index (χ3v) is 2.50. The molecule has 2 rings (SSSR count). The van der Waals surface area contributed by atoms with Crippen molar-refractivity contribution in [1.82, 2.24) is 0 Å². The quantitative estimate of drug-likeness (QED) is 0.461. The van der Waals surface area contributed by atoms with Gasteiger partial charge in [0.15, 0.2) is 0 Å². The fourth-order valence-electron chi connectivity index (χ4n) is 1.97. The van der Waals surface area contributed by atoms with Crippen LogP contribution in [0.4, 0.5) is 0 Å². The van der Waals surface area contributed by atoms with Gasteiger partial charge in [-0.25, -0.2) is 0 Å². The average molecular weight is 120 g/mol. The van der Waals surface area contributed by atoms with Gasteiger partial charge in [-0.15, -0.1) is 0 Å². The lowest BCUT2D eigenvalue weighted by Crippen LogP contribution is -1.92. The van der Waals surface area contributed by atoms with Gasteiger partial charge < -0.3 is 0 Å². The van der Waals surface area contributed by atoms with Crippen LogP contribution in [0.25, 0.3) is 0 Å². The van der Waals surface area contributed by atoms with Gasteiger partial charge >= 0.3 is 0 Å². The molecule has 9 heavy (non-hydrogen) atoms. The summed E-state index contributed by atoms with van der Waals surface area (Å²) in [6.07, 6.45) is 8.82. The highest BCUT2D eigenvalue weighted by atomic mass is 14.3. The van der Waals surface area contributed by atoms with Crippen LogP contribution in [0.5, 0.6) is 0 Å². The summed E-state index contributed by atoms with van der Waals surface area (Å²) in [4.78, 5) is 0.